The Morgan fingerprint density at radius 2 is 1.69 bits per heavy atom. The van der Waals surface area contributed by atoms with Crippen LogP contribution in [0.1, 0.15) is 15.9 Å². The van der Waals surface area contributed by atoms with Gasteiger partial charge in [0.15, 0.2) is 5.82 Å². The Bertz CT molecular complexity index is 1420. The summed E-state index contributed by atoms with van der Waals surface area (Å²) in [5.74, 6) is 0.556. The van der Waals surface area contributed by atoms with Crippen LogP contribution in [0.4, 0.5) is 23.4 Å². The minimum absolute atomic E-state index is 0.106. The second-order valence-electron chi connectivity index (χ2n) is 7.28. The molecule has 0 spiro atoms. The van der Waals surface area contributed by atoms with Gasteiger partial charge in [0.25, 0.3) is 0 Å². The molecule has 4 rings (SSSR count). The number of rotatable bonds is 9. The maximum atomic E-state index is 11.7. The van der Waals surface area contributed by atoms with Gasteiger partial charge in [0.05, 0.1) is 24.1 Å². The van der Waals surface area contributed by atoms with Gasteiger partial charge in [0, 0.05) is 11.8 Å². The van der Waals surface area contributed by atoms with Crippen LogP contribution in [0.25, 0.3) is 11.3 Å². The smallest absolute Gasteiger partial charge is 0.337 e. The van der Waals surface area contributed by atoms with Crippen molar-refractivity contribution in [2.45, 2.75) is 5.75 Å². The van der Waals surface area contributed by atoms with E-state index in [1.54, 1.807) is 54.6 Å². The first-order chi connectivity index (χ1) is 16.8. The van der Waals surface area contributed by atoms with Crippen molar-refractivity contribution < 1.29 is 17.9 Å². The van der Waals surface area contributed by atoms with Gasteiger partial charge in [-0.2, -0.15) is 10.1 Å². The van der Waals surface area contributed by atoms with E-state index in [-0.39, 0.29) is 11.7 Å². The van der Waals surface area contributed by atoms with Crippen molar-refractivity contribution in [1.29, 1.82) is 0 Å². The topological polar surface area (TPSA) is 164 Å². The first-order valence-corrected chi connectivity index (χ1v) is 12.0. The highest BCUT2D eigenvalue weighted by Crippen LogP contribution is 2.22. The molecular weight excluding hydrogens is 472 g/mol. The summed E-state index contributed by atoms with van der Waals surface area (Å²) in [6.45, 7) is 0. The van der Waals surface area contributed by atoms with Crippen molar-refractivity contribution in [1.82, 2.24) is 29.9 Å². The van der Waals surface area contributed by atoms with E-state index in [9.17, 15) is 13.2 Å². The summed E-state index contributed by atoms with van der Waals surface area (Å²) >= 11 is 0. The Balaban J connectivity index is 1.41. The van der Waals surface area contributed by atoms with Gasteiger partial charge >= 0.3 is 5.97 Å². The van der Waals surface area contributed by atoms with Gasteiger partial charge in [-0.15, -0.1) is 0 Å². The fourth-order valence-electron chi connectivity index (χ4n) is 3.07. The number of nitrogens with one attached hydrogen (secondary N) is 4. The Hall–Kier alpha value is -4.36. The lowest BCUT2D eigenvalue weighted by atomic mass is 10.1. The fourth-order valence-corrected chi connectivity index (χ4v) is 3.85. The van der Waals surface area contributed by atoms with Crippen LogP contribution in [0.2, 0.25) is 0 Å². The number of benzene rings is 2. The molecule has 0 radical (unpaired) electrons. The second-order valence-corrected chi connectivity index (χ2v) is 9.21. The molecule has 0 aliphatic heterocycles. The molecule has 2 aromatic heterocycles. The molecule has 0 unspecified atom stereocenters. The number of H-pyrrole nitrogens is 1. The van der Waals surface area contributed by atoms with Crippen LogP contribution in [0.5, 0.6) is 0 Å². The Morgan fingerprint density at radius 3 is 2.34 bits per heavy atom. The molecule has 4 N–H and O–H groups in total. The van der Waals surface area contributed by atoms with Crippen molar-refractivity contribution in [2.24, 2.45) is 0 Å². The third-order valence-electron chi connectivity index (χ3n) is 4.88. The molecule has 0 amide bonds. The lowest BCUT2D eigenvalue weighted by Crippen LogP contribution is -2.20. The Kier molecular flexibility index (Phi) is 6.98. The molecule has 35 heavy (non-hydrogen) atoms. The Labute approximate surface area is 201 Å². The van der Waals surface area contributed by atoms with E-state index >= 15 is 0 Å². The van der Waals surface area contributed by atoms with Crippen molar-refractivity contribution >= 4 is 39.4 Å². The third-order valence-corrected chi connectivity index (χ3v) is 6.22. The minimum Gasteiger partial charge on any atom is -0.465 e. The van der Waals surface area contributed by atoms with Crippen LogP contribution in [-0.4, -0.2) is 53.7 Å². The number of esters is 1. The van der Waals surface area contributed by atoms with Gasteiger partial charge in [-0.3, -0.25) is 5.10 Å². The highest BCUT2D eigenvalue weighted by Gasteiger charge is 2.10. The largest absolute Gasteiger partial charge is 0.465 e. The molecule has 2 heterocycles. The lowest BCUT2D eigenvalue weighted by Gasteiger charge is -2.07. The van der Waals surface area contributed by atoms with E-state index in [0.29, 0.717) is 28.6 Å². The first-order valence-electron chi connectivity index (χ1n) is 10.3. The van der Waals surface area contributed by atoms with E-state index in [1.807, 2.05) is 0 Å². The number of methoxy groups -OCH3 is 1. The molecule has 0 saturated carbocycles. The van der Waals surface area contributed by atoms with Crippen LogP contribution in [0, 0.1) is 0 Å². The van der Waals surface area contributed by atoms with Crippen LogP contribution < -0.4 is 15.4 Å². The number of carbonyl (C=O) groups excluding carboxylic acids is 1. The van der Waals surface area contributed by atoms with Crippen LogP contribution in [0.3, 0.4) is 0 Å². The molecular formula is C22H22N8O4S. The van der Waals surface area contributed by atoms with Gasteiger partial charge in [-0.1, -0.05) is 24.3 Å². The number of anilines is 4. The summed E-state index contributed by atoms with van der Waals surface area (Å²) in [5.41, 5.74) is 3.36. The minimum atomic E-state index is -3.34. The molecule has 12 nitrogen and oxygen atoms in total. The molecule has 180 valence electrons. The van der Waals surface area contributed by atoms with Gasteiger partial charge in [0.2, 0.25) is 21.9 Å². The molecule has 2 aromatic carbocycles. The first kappa shape index (κ1) is 23.8. The summed E-state index contributed by atoms with van der Waals surface area (Å²) in [6.07, 6.45) is 1.35. The van der Waals surface area contributed by atoms with Gasteiger partial charge < -0.3 is 15.4 Å². The lowest BCUT2D eigenvalue weighted by molar-refractivity contribution is 0.0600. The average Bonchev–Trinajstić information content (AvgIpc) is 3.33. The van der Waals surface area contributed by atoms with Crippen molar-refractivity contribution in [3.05, 3.63) is 72.1 Å². The number of hydrogen-bond acceptors (Lipinski definition) is 10. The highest BCUT2D eigenvalue weighted by atomic mass is 32.2. The standard InChI is InChI=1S/C22H22N8O4S/c1-23-35(32,33)12-14-3-9-17(10-4-14)26-21-24-13-25-22(28-21)27-19-11-18(29-30-19)15-5-7-16(8-6-15)20(31)34-2/h3-11,13,23H,12H2,1-2H3,(H3,24,25,26,27,28,29,30). The molecule has 0 saturated heterocycles. The summed E-state index contributed by atoms with van der Waals surface area (Å²) in [4.78, 5) is 24.1. The molecule has 0 aliphatic rings. The zero-order chi connectivity index (χ0) is 24.8. The SMILES string of the molecule is CNS(=O)(=O)Cc1ccc(Nc2ncnc(Nc3cc(-c4ccc(C(=O)OC)cc4)[nH]n3)n2)cc1. The number of aromatic nitrogens is 5. The summed E-state index contributed by atoms with van der Waals surface area (Å²) in [5, 5.41) is 13.2. The normalized spacial score (nSPS) is 11.1. The highest BCUT2D eigenvalue weighted by molar-refractivity contribution is 7.88. The predicted molar refractivity (Wildman–Crippen MR) is 130 cm³/mol. The molecule has 0 fully saturated rings. The number of carbonyl (C=O) groups is 1. The molecule has 13 heteroatoms. The average molecular weight is 495 g/mol. The van der Waals surface area contributed by atoms with E-state index in [2.05, 4.69) is 40.5 Å². The zero-order valence-electron chi connectivity index (χ0n) is 18.8. The number of sulfonamides is 1. The summed E-state index contributed by atoms with van der Waals surface area (Å²) < 4.78 is 30.4. The third kappa shape index (κ3) is 6.16. The molecule has 0 atom stereocenters. The fraction of sp³-hybridized carbons (Fsp3) is 0.136. The zero-order valence-corrected chi connectivity index (χ0v) is 19.6. The Morgan fingerprint density at radius 1 is 1.00 bits per heavy atom. The number of aromatic amines is 1. The molecule has 0 aliphatic carbocycles. The number of hydrogen-bond donors (Lipinski definition) is 4. The van der Waals surface area contributed by atoms with Gasteiger partial charge in [-0.05, 0) is 42.4 Å². The number of nitrogens with zero attached hydrogens (tertiary/aromatic N) is 4. The van der Waals surface area contributed by atoms with E-state index in [4.69, 9.17) is 4.74 Å². The van der Waals surface area contributed by atoms with E-state index in [1.165, 1.54) is 20.5 Å². The van der Waals surface area contributed by atoms with E-state index in [0.717, 1.165) is 11.3 Å². The van der Waals surface area contributed by atoms with Crippen molar-refractivity contribution in [2.75, 3.05) is 24.8 Å². The molecule has 0 bridgehead atoms. The van der Waals surface area contributed by atoms with Crippen molar-refractivity contribution in [3.8, 4) is 11.3 Å². The van der Waals surface area contributed by atoms with Gasteiger partial charge in [-0.25, -0.2) is 27.9 Å². The summed E-state index contributed by atoms with van der Waals surface area (Å²) in [6, 6.07) is 15.6. The molecule has 4 aromatic rings. The quantitative estimate of drug-likeness (QED) is 0.254. The summed E-state index contributed by atoms with van der Waals surface area (Å²) in [7, 11) is -0.626. The van der Waals surface area contributed by atoms with Gasteiger partial charge in [0.1, 0.15) is 6.33 Å². The van der Waals surface area contributed by atoms with Crippen molar-refractivity contribution in [3.63, 3.8) is 0 Å². The van der Waals surface area contributed by atoms with E-state index < -0.39 is 16.0 Å². The maximum absolute atomic E-state index is 11.7. The van der Waals surface area contributed by atoms with Crippen LogP contribution >= 0.6 is 0 Å². The maximum Gasteiger partial charge on any atom is 0.337 e. The second kappa shape index (κ2) is 10.3. The predicted octanol–water partition coefficient (Wildman–Crippen LogP) is 2.58. The van der Waals surface area contributed by atoms with Crippen LogP contribution in [0.15, 0.2) is 60.9 Å². The monoisotopic (exact) mass is 494 g/mol. The number of ether oxygens (including phenoxy) is 1. The van der Waals surface area contributed by atoms with Crippen LogP contribution in [-0.2, 0) is 20.5 Å².